The van der Waals surface area contributed by atoms with Gasteiger partial charge in [0.25, 0.3) is 10.0 Å². The number of carbonyl (C=O) groups is 1. The van der Waals surface area contributed by atoms with Crippen LogP contribution >= 0.6 is 0 Å². The van der Waals surface area contributed by atoms with Crippen LogP contribution < -0.4 is 0 Å². The van der Waals surface area contributed by atoms with Crippen molar-refractivity contribution in [2.75, 3.05) is 6.61 Å². The molecule has 8 heteroatoms. The van der Waals surface area contributed by atoms with Crippen LogP contribution in [0.4, 0.5) is 4.79 Å². The maximum absolute atomic E-state index is 13.6. The predicted octanol–water partition coefficient (Wildman–Crippen LogP) is 6.28. The third kappa shape index (κ3) is 7.74. The molecule has 0 fully saturated rings. The quantitative estimate of drug-likeness (QED) is 0.305. The van der Waals surface area contributed by atoms with E-state index in [4.69, 9.17) is 9.16 Å². The first-order valence-electron chi connectivity index (χ1n) is 11.0. The molecule has 1 atom stereocenters. The zero-order chi connectivity index (χ0) is 25.0. The van der Waals surface area contributed by atoms with Gasteiger partial charge in [-0.2, -0.15) is 4.31 Å². The number of aryl methyl sites for hydroxylation is 1. The van der Waals surface area contributed by atoms with Gasteiger partial charge in [0.2, 0.25) is 0 Å². The number of nitrogens with zero attached hydrogens (tertiary/aromatic N) is 1. The molecule has 0 saturated carbocycles. The maximum Gasteiger partial charge on any atom is 0.424 e. The van der Waals surface area contributed by atoms with Crippen molar-refractivity contribution in [2.45, 2.75) is 96.0 Å². The molecule has 1 amide bonds. The van der Waals surface area contributed by atoms with Crippen molar-refractivity contribution in [1.29, 1.82) is 0 Å². The number of rotatable bonds is 9. The molecule has 0 aromatic heterocycles. The van der Waals surface area contributed by atoms with Gasteiger partial charge in [-0.25, -0.2) is 13.2 Å². The van der Waals surface area contributed by atoms with E-state index in [1.807, 2.05) is 6.92 Å². The lowest BCUT2D eigenvalue weighted by molar-refractivity contribution is 0.0325. The lowest BCUT2D eigenvalue weighted by atomic mass is 10.1. The largest absolute Gasteiger partial charge is 0.443 e. The monoisotopic (exact) mass is 483 g/mol. The summed E-state index contributed by atoms with van der Waals surface area (Å²) in [6.07, 6.45) is 1.38. The highest BCUT2D eigenvalue weighted by Crippen LogP contribution is 2.37. The number of hydrogen-bond acceptors (Lipinski definition) is 5. The molecule has 0 heterocycles. The summed E-state index contributed by atoms with van der Waals surface area (Å²) in [5.74, 6) is 0. The fourth-order valence-corrected chi connectivity index (χ4v) is 5.35. The second-order valence-corrected chi connectivity index (χ2v) is 17.3. The number of carbonyl (C=O) groups excluding carboxylic acids is 1. The molecule has 32 heavy (non-hydrogen) atoms. The van der Waals surface area contributed by atoms with Crippen LogP contribution in [0.5, 0.6) is 0 Å². The van der Waals surface area contributed by atoms with Crippen LogP contribution in [0, 0.1) is 6.92 Å². The van der Waals surface area contributed by atoms with E-state index in [9.17, 15) is 13.2 Å². The summed E-state index contributed by atoms with van der Waals surface area (Å²) in [5.41, 5.74) is 0.0901. The van der Waals surface area contributed by atoms with Crippen molar-refractivity contribution in [1.82, 2.24) is 4.31 Å². The first-order valence-corrected chi connectivity index (χ1v) is 15.4. The number of ether oxygens (including phenoxy) is 1. The summed E-state index contributed by atoms with van der Waals surface area (Å²) in [4.78, 5) is 13.2. The van der Waals surface area contributed by atoms with Gasteiger partial charge in [0, 0.05) is 6.61 Å². The molecule has 6 nitrogen and oxygen atoms in total. The lowest BCUT2D eigenvalue weighted by Crippen LogP contribution is -2.48. The van der Waals surface area contributed by atoms with Crippen molar-refractivity contribution < 1.29 is 22.4 Å². The zero-order valence-electron chi connectivity index (χ0n) is 21.2. The highest BCUT2D eigenvalue weighted by Gasteiger charge is 2.40. The van der Waals surface area contributed by atoms with E-state index >= 15 is 0 Å². The Morgan fingerprint density at radius 3 is 2.09 bits per heavy atom. The molecule has 1 aromatic rings. The van der Waals surface area contributed by atoms with Crippen LogP contribution in [0.1, 0.15) is 59.9 Å². The Morgan fingerprint density at radius 1 is 1.12 bits per heavy atom. The van der Waals surface area contributed by atoms with E-state index in [0.717, 1.165) is 9.87 Å². The smallest absolute Gasteiger partial charge is 0.424 e. The number of hydrogen-bond donors (Lipinski definition) is 0. The van der Waals surface area contributed by atoms with Gasteiger partial charge < -0.3 is 9.16 Å². The number of sulfonamides is 1. The molecule has 0 aliphatic rings. The summed E-state index contributed by atoms with van der Waals surface area (Å²) in [5, 5.41) is 0.0275. The maximum atomic E-state index is 13.6. The third-order valence-electron chi connectivity index (χ3n) is 5.64. The summed E-state index contributed by atoms with van der Waals surface area (Å²) in [6.45, 7) is 21.9. The topological polar surface area (TPSA) is 72.9 Å². The Kier molecular flexibility index (Phi) is 9.34. The SMILES string of the molecule is C=CCC(CCO[Si](C)(C)C(C)(C)C)N(C(=O)OC(C)(C)C)S(=O)(=O)c1ccc(C)cc1. The predicted molar refractivity (Wildman–Crippen MR) is 133 cm³/mol. The molecule has 1 unspecified atom stereocenters. The first kappa shape index (κ1) is 28.4. The van der Waals surface area contributed by atoms with Crippen LogP contribution in [0.2, 0.25) is 18.1 Å². The second kappa shape index (κ2) is 10.5. The van der Waals surface area contributed by atoms with Gasteiger partial charge in [-0.05, 0) is 70.8 Å². The van der Waals surface area contributed by atoms with Gasteiger partial charge >= 0.3 is 6.09 Å². The fraction of sp³-hybridized carbons (Fsp3) is 0.625. The second-order valence-electron chi connectivity index (χ2n) is 10.7. The summed E-state index contributed by atoms with van der Waals surface area (Å²) in [6, 6.07) is 5.78. The van der Waals surface area contributed by atoms with Gasteiger partial charge in [0.1, 0.15) is 5.60 Å². The first-order chi connectivity index (χ1) is 14.4. The van der Waals surface area contributed by atoms with Crippen molar-refractivity contribution in [2.24, 2.45) is 0 Å². The van der Waals surface area contributed by atoms with E-state index in [0.29, 0.717) is 19.4 Å². The van der Waals surface area contributed by atoms with Crippen LogP contribution in [-0.4, -0.2) is 45.4 Å². The van der Waals surface area contributed by atoms with E-state index in [1.54, 1.807) is 39.0 Å². The molecule has 1 aromatic carbocycles. The Balaban J connectivity index is 3.33. The molecular weight excluding hydrogens is 442 g/mol. The third-order valence-corrected chi connectivity index (χ3v) is 12.0. The molecule has 0 aliphatic carbocycles. The standard InChI is InChI=1S/C24H41NO5SSi/c1-11-12-20(17-18-29-32(9,10)24(6,7)8)25(22(26)30-23(3,4)5)31(27,28)21-15-13-19(2)14-16-21/h11,13-16,20H,1,12,17-18H2,2-10H3. The van der Waals surface area contributed by atoms with Gasteiger partial charge in [-0.3, -0.25) is 0 Å². The van der Waals surface area contributed by atoms with Crippen molar-refractivity contribution in [3.05, 3.63) is 42.5 Å². The Morgan fingerprint density at radius 2 is 1.66 bits per heavy atom. The molecule has 0 aliphatic heterocycles. The molecule has 0 saturated heterocycles. The number of benzene rings is 1. The summed E-state index contributed by atoms with van der Waals surface area (Å²) < 4.78 is 39.8. The van der Waals surface area contributed by atoms with Crippen LogP contribution in [0.15, 0.2) is 41.8 Å². The average molecular weight is 484 g/mol. The van der Waals surface area contributed by atoms with Crippen LogP contribution in [-0.2, 0) is 19.2 Å². The highest BCUT2D eigenvalue weighted by molar-refractivity contribution is 7.89. The zero-order valence-corrected chi connectivity index (χ0v) is 23.0. The average Bonchev–Trinajstić information content (AvgIpc) is 2.59. The van der Waals surface area contributed by atoms with E-state index < -0.39 is 36.1 Å². The Bertz CT molecular complexity index is 880. The van der Waals surface area contributed by atoms with Gasteiger partial charge in [-0.15, -0.1) is 6.58 Å². The van der Waals surface area contributed by atoms with Crippen molar-refractivity contribution >= 4 is 24.4 Å². The van der Waals surface area contributed by atoms with Gasteiger partial charge in [0.05, 0.1) is 10.9 Å². The Labute approximate surface area is 196 Å². The molecule has 0 spiro atoms. The molecule has 0 bridgehead atoms. The fourth-order valence-electron chi connectivity index (χ4n) is 2.76. The van der Waals surface area contributed by atoms with Crippen LogP contribution in [0.25, 0.3) is 0 Å². The summed E-state index contributed by atoms with van der Waals surface area (Å²) in [7, 11) is -6.16. The molecule has 0 radical (unpaired) electrons. The van der Waals surface area contributed by atoms with E-state index in [1.165, 1.54) is 12.1 Å². The van der Waals surface area contributed by atoms with Crippen molar-refractivity contribution in [3.63, 3.8) is 0 Å². The highest BCUT2D eigenvalue weighted by atomic mass is 32.2. The minimum atomic E-state index is -4.14. The molecule has 182 valence electrons. The molecule has 1 rings (SSSR count). The summed E-state index contributed by atoms with van der Waals surface area (Å²) >= 11 is 0. The normalized spacial score (nSPS) is 14.0. The number of amides is 1. The van der Waals surface area contributed by atoms with E-state index in [-0.39, 0.29) is 9.93 Å². The minimum absolute atomic E-state index is 0.0275. The van der Waals surface area contributed by atoms with E-state index in [2.05, 4.69) is 40.4 Å². The lowest BCUT2D eigenvalue weighted by Gasteiger charge is -2.37. The molecular formula is C24H41NO5SSi. The Hall–Kier alpha value is -1.64. The van der Waals surface area contributed by atoms with Crippen LogP contribution in [0.3, 0.4) is 0 Å². The van der Waals surface area contributed by atoms with Gasteiger partial charge in [-0.1, -0.05) is 44.5 Å². The van der Waals surface area contributed by atoms with Crippen molar-refractivity contribution in [3.8, 4) is 0 Å². The van der Waals surface area contributed by atoms with Gasteiger partial charge in [0.15, 0.2) is 8.32 Å². The minimum Gasteiger partial charge on any atom is -0.443 e. The molecule has 0 N–H and O–H groups in total.